The third kappa shape index (κ3) is 7.29. The van der Waals surface area contributed by atoms with Gasteiger partial charge in [0.15, 0.2) is 23.3 Å². The number of unbranched alkanes of at least 4 members (excludes halogenated alkanes) is 6. The van der Waals surface area contributed by atoms with Gasteiger partial charge in [0.25, 0.3) is 5.97 Å². The monoisotopic (exact) mass is 412 g/mol. The van der Waals surface area contributed by atoms with Crippen molar-refractivity contribution in [3.05, 3.63) is 34.6 Å². The Morgan fingerprint density at radius 3 is 1.57 bits per heavy atom. The fourth-order valence-electron chi connectivity index (χ4n) is 3.27. The fraction of sp³-hybridized carbons (Fsp3) is 0.700. The normalized spacial score (nSPS) is 13.2. The van der Waals surface area contributed by atoms with E-state index in [4.69, 9.17) is 0 Å². The van der Waals surface area contributed by atoms with Crippen LogP contribution in [-0.2, 0) is 6.42 Å². The molecule has 0 aliphatic rings. The van der Waals surface area contributed by atoms with Gasteiger partial charge in [0.05, 0.1) is 0 Å². The minimum absolute atomic E-state index is 0.0709. The molecule has 0 bridgehead atoms. The molecule has 0 spiro atoms. The number of halogens is 5. The first-order valence-corrected chi connectivity index (χ1v) is 9.78. The lowest BCUT2D eigenvalue weighted by atomic mass is 9.91. The van der Waals surface area contributed by atoms with Gasteiger partial charge in [-0.25, -0.2) is 22.0 Å². The Morgan fingerprint density at radius 1 is 0.643 bits per heavy atom. The first kappa shape index (κ1) is 24.8. The molecule has 162 valence electrons. The number of hydrogen-bond acceptors (Lipinski definition) is 3. The van der Waals surface area contributed by atoms with Crippen molar-refractivity contribution < 1.29 is 37.3 Å². The van der Waals surface area contributed by atoms with E-state index in [1.165, 1.54) is 0 Å². The summed E-state index contributed by atoms with van der Waals surface area (Å²) in [7, 11) is 0. The van der Waals surface area contributed by atoms with Crippen LogP contribution in [0.1, 0.15) is 76.7 Å². The maximum absolute atomic E-state index is 13.6. The van der Waals surface area contributed by atoms with Crippen molar-refractivity contribution in [1.82, 2.24) is 0 Å². The topological polar surface area (TPSA) is 60.7 Å². The predicted molar refractivity (Wildman–Crippen MR) is 94.7 cm³/mol. The Kier molecular flexibility index (Phi) is 10.3. The van der Waals surface area contributed by atoms with Crippen LogP contribution in [0.3, 0.4) is 0 Å². The zero-order valence-corrected chi connectivity index (χ0v) is 16.1. The van der Waals surface area contributed by atoms with Gasteiger partial charge >= 0.3 is 0 Å². The molecule has 0 saturated carbocycles. The maximum atomic E-state index is 13.6. The number of aliphatic hydroxyl groups is 3. The lowest BCUT2D eigenvalue weighted by Crippen LogP contribution is -2.37. The summed E-state index contributed by atoms with van der Waals surface area (Å²) in [5.41, 5.74) is -0.882. The van der Waals surface area contributed by atoms with Crippen LogP contribution in [0.2, 0.25) is 0 Å². The molecule has 1 unspecified atom stereocenters. The molecule has 3 nitrogen and oxygen atoms in total. The van der Waals surface area contributed by atoms with Crippen LogP contribution in [-0.4, -0.2) is 21.3 Å². The van der Waals surface area contributed by atoms with Crippen molar-refractivity contribution in [1.29, 1.82) is 0 Å². The summed E-state index contributed by atoms with van der Waals surface area (Å²) < 4.78 is 66.7. The largest absolute Gasteiger partial charge is 0.343 e. The summed E-state index contributed by atoms with van der Waals surface area (Å²) in [4.78, 5) is 0. The summed E-state index contributed by atoms with van der Waals surface area (Å²) in [5.74, 6) is -13.6. The Bertz CT molecular complexity index is 588. The molecular weight excluding hydrogens is 383 g/mol. The van der Waals surface area contributed by atoms with Gasteiger partial charge in [-0.3, -0.25) is 0 Å². The van der Waals surface area contributed by atoms with E-state index in [9.17, 15) is 37.3 Å². The second-order valence-electron chi connectivity index (χ2n) is 7.23. The van der Waals surface area contributed by atoms with Crippen LogP contribution in [0, 0.1) is 35.0 Å². The van der Waals surface area contributed by atoms with Gasteiger partial charge in [0.2, 0.25) is 5.82 Å². The lowest BCUT2D eigenvalue weighted by Gasteiger charge is -2.26. The molecule has 0 amide bonds. The van der Waals surface area contributed by atoms with E-state index in [2.05, 4.69) is 6.92 Å². The van der Waals surface area contributed by atoms with Crippen molar-refractivity contribution >= 4 is 0 Å². The van der Waals surface area contributed by atoms with Crippen LogP contribution in [0.15, 0.2) is 0 Å². The van der Waals surface area contributed by atoms with Gasteiger partial charge in [0, 0.05) is 11.5 Å². The molecule has 28 heavy (non-hydrogen) atoms. The quantitative estimate of drug-likeness (QED) is 0.139. The fourth-order valence-corrected chi connectivity index (χ4v) is 3.27. The minimum atomic E-state index is -2.87. The molecule has 0 aliphatic heterocycles. The Labute approximate surface area is 162 Å². The molecule has 0 saturated heterocycles. The molecule has 1 atom stereocenters. The van der Waals surface area contributed by atoms with E-state index in [1.54, 1.807) is 0 Å². The summed E-state index contributed by atoms with van der Waals surface area (Å²) >= 11 is 0. The molecule has 1 rings (SSSR count). The summed E-state index contributed by atoms with van der Waals surface area (Å²) in [6.07, 6.45) is 6.33. The van der Waals surface area contributed by atoms with Crippen LogP contribution in [0.25, 0.3) is 0 Å². The highest BCUT2D eigenvalue weighted by Gasteiger charge is 2.31. The molecule has 1 aromatic rings. The van der Waals surface area contributed by atoms with Crippen LogP contribution in [0.5, 0.6) is 0 Å². The van der Waals surface area contributed by atoms with Crippen LogP contribution >= 0.6 is 0 Å². The molecule has 0 fully saturated rings. The third-order valence-electron chi connectivity index (χ3n) is 4.98. The van der Waals surface area contributed by atoms with Gasteiger partial charge in [-0.05, 0) is 25.7 Å². The van der Waals surface area contributed by atoms with Crippen molar-refractivity contribution in [3.8, 4) is 0 Å². The molecule has 1 aromatic carbocycles. The predicted octanol–water partition coefficient (Wildman–Crippen LogP) is 5.09. The average molecular weight is 412 g/mol. The summed E-state index contributed by atoms with van der Waals surface area (Å²) in [5, 5.41) is 28.4. The second-order valence-corrected chi connectivity index (χ2v) is 7.23. The van der Waals surface area contributed by atoms with E-state index in [0.29, 0.717) is 12.8 Å². The van der Waals surface area contributed by atoms with E-state index >= 15 is 0 Å². The molecule has 3 N–H and O–H groups in total. The van der Waals surface area contributed by atoms with E-state index in [1.807, 2.05) is 0 Å². The molecule has 8 heteroatoms. The zero-order chi connectivity index (χ0) is 21.3. The number of rotatable bonds is 13. The highest BCUT2D eigenvalue weighted by molar-refractivity contribution is 5.24. The smallest absolute Gasteiger partial charge is 0.278 e. The molecule has 0 heterocycles. The average Bonchev–Trinajstić information content (AvgIpc) is 2.64. The number of hydrogen-bond donors (Lipinski definition) is 3. The third-order valence-corrected chi connectivity index (χ3v) is 4.98. The standard InChI is InChI=1S/C20H29F5O3/c1-2-3-4-5-6-7-10-13(20(26,27)28)11-8-9-12-14-15(21)17(23)19(25)18(24)16(14)22/h13,26-28H,2-12H2,1H3. The Balaban J connectivity index is 2.53. The molecule has 0 aromatic heterocycles. The van der Waals surface area contributed by atoms with Crippen LogP contribution in [0.4, 0.5) is 22.0 Å². The van der Waals surface area contributed by atoms with Gasteiger partial charge in [0.1, 0.15) is 0 Å². The Hall–Kier alpha value is -1.25. The van der Waals surface area contributed by atoms with Crippen molar-refractivity contribution in [2.45, 2.75) is 83.5 Å². The van der Waals surface area contributed by atoms with Crippen molar-refractivity contribution in [3.63, 3.8) is 0 Å². The SMILES string of the molecule is CCCCCCCCC(CCCCc1c(F)c(F)c(F)c(F)c1F)C(O)(O)O. The zero-order valence-electron chi connectivity index (χ0n) is 16.1. The van der Waals surface area contributed by atoms with Gasteiger partial charge < -0.3 is 15.3 Å². The highest BCUT2D eigenvalue weighted by Crippen LogP contribution is 2.28. The minimum Gasteiger partial charge on any atom is -0.343 e. The number of benzene rings is 1. The van der Waals surface area contributed by atoms with Crippen LogP contribution < -0.4 is 0 Å². The molecular formula is C20H29F5O3. The van der Waals surface area contributed by atoms with Crippen molar-refractivity contribution in [2.24, 2.45) is 5.92 Å². The highest BCUT2D eigenvalue weighted by atomic mass is 19.2. The molecule has 0 aliphatic carbocycles. The maximum Gasteiger partial charge on any atom is 0.278 e. The van der Waals surface area contributed by atoms with Crippen molar-refractivity contribution in [2.75, 3.05) is 0 Å². The van der Waals surface area contributed by atoms with E-state index in [0.717, 1.165) is 32.1 Å². The van der Waals surface area contributed by atoms with E-state index < -0.39 is 46.5 Å². The Morgan fingerprint density at radius 2 is 1.07 bits per heavy atom. The van der Waals surface area contributed by atoms with Gasteiger partial charge in [-0.1, -0.05) is 51.9 Å². The molecule has 0 radical (unpaired) electrons. The van der Waals surface area contributed by atoms with Gasteiger partial charge in [-0.15, -0.1) is 0 Å². The summed E-state index contributed by atoms with van der Waals surface area (Å²) in [6, 6.07) is 0. The first-order chi connectivity index (χ1) is 13.1. The summed E-state index contributed by atoms with van der Waals surface area (Å²) in [6.45, 7) is 2.10. The van der Waals surface area contributed by atoms with Gasteiger partial charge in [-0.2, -0.15) is 0 Å². The second kappa shape index (κ2) is 11.7. The first-order valence-electron chi connectivity index (χ1n) is 9.78. The lowest BCUT2D eigenvalue weighted by molar-refractivity contribution is -0.344. The van der Waals surface area contributed by atoms with E-state index in [-0.39, 0.29) is 25.7 Å².